The van der Waals surface area contributed by atoms with Gasteiger partial charge in [-0.2, -0.15) is 0 Å². The van der Waals surface area contributed by atoms with E-state index in [1.165, 1.54) is 55.6 Å². The first-order valence-electron chi connectivity index (χ1n) is 16.2. The molecule has 0 saturated heterocycles. The van der Waals surface area contributed by atoms with Crippen molar-refractivity contribution in [3.63, 3.8) is 0 Å². The molecule has 4 heterocycles. The van der Waals surface area contributed by atoms with E-state index in [1.807, 2.05) is 12.3 Å². The molecule has 0 amide bonds. The van der Waals surface area contributed by atoms with Gasteiger partial charge in [0.2, 0.25) is 10.6 Å². The Bertz CT molecular complexity index is 1850. The number of nitrogens with zero attached hydrogens (tertiary/aromatic N) is 4. The molecule has 0 atom stereocenters. The molecule has 0 spiro atoms. The third-order valence-electron chi connectivity index (χ3n) is 8.04. The number of halogens is 5. The maximum atomic E-state index is 5.97. The van der Waals surface area contributed by atoms with E-state index in [9.17, 15) is 0 Å². The fourth-order valence-electron chi connectivity index (χ4n) is 5.58. The molecule has 0 radical (unpaired) electrons. The Morgan fingerprint density at radius 1 is 0.583 bits per heavy atom. The predicted octanol–water partition coefficient (Wildman–Crippen LogP) is 13.1. The van der Waals surface area contributed by atoms with Crippen LogP contribution >= 0.6 is 58.0 Å². The zero-order valence-corrected chi connectivity index (χ0v) is 33.9. The number of fused-ring (bicyclic) bond motifs is 2. The van der Waals surface area contributed by atoms with Crippen LogP contribution in [-0.4, -0.2) is 38.3 Å². The first-order chi connectivity index (χ1) is 23.2. The van der Waals surface area contributed by atoms with Gasteiger partial charge in [0, 0.05) is 20.8 Å². The van der Waals surface area contributed by atoms with Crippen molar-refractivity contribution < 1.29 is 8.83 Å². The van der Waals surface area contributed by atoms with Crippen LogP contribution in [0.5, 0.6) is 0 Å². The fraction of sp³-hybridized carbons (Fsp3) is 0.333. The van der Waals surface area contributed by atoms with Crippen molar-refractivity contribution >= 4 is 102 Å². The maximum Gasteiger partial charge on any atom is 0.224 e. The van der Waals surface area contributed by atoms with E-state index in [0.29, 0.717) is 37.6 Å². The van der Waals surface area contributed by atoms with Gasteiger partial charge in [-0.15, -0.1) is 0 Å². The SMILES string of the molecule is CCC[CH2][Sn]([CH2]CCC)([CH2]CCC)[c]1ccco1.Clc1ccc2nc(Cl)nc(-c3ccco3)c2c1.Clc1ccc2nc(Cl)nc(Cl)c2c1. The van der Waals surface area contributed by atoms with Crippen molar-refractivity contribution in [1.82, 2.24) is 19.9 Å². The number of hydrogen-bond donors (Lipinski definition) is 0. The monoisotopic (exact) mass is 854 g/mol. The summed E-state index contributed by atoms with van der Waals surface area (Å²) in [6.07, 6.45) is 11.7. The summed E-state index contributed by atoms with van der Waals surface area (Å²) in [6, 6.07) is 18.5. The minimum Gasteiger partial charge on any atom is -0.463 e. The summed E-state index contributed by atoms with van der Waals surface area (Å²) in [5.74, 6) is 0.640. The van der Waals surface area contributed by atoms with Crippen molar-refractivity contribution in [1.29, 1.82) is 0 Å². The van der Waals surface area contributed by atoms with Gasteiger partial charge in [0.25, 0.3) is 0 Å². The van der Waals surface area contributed by atoms with E-state index < -0.39 is 18.4 Å². The topological polar surface area (TPSA) is 77.8 Å². The minimum atomic E-state index is -2.20. The second kappa shape index (κ2) is 19.4. The summed E-state index contributed by atoms with van der Waals surface area (Å²) in [4.78, 5) is 16.1. The Labute approximate surface area is 311 Å². The van der Waals surface area contributed by atoms with Crippen LogP contribution < -0.4 is 3.78 Å². The van der Waals surface area contributed by atoms with Gasteiger partial charge in [-0.05, 0) is 71.7 Å². The van der Waals surface area contributed by atoms with Crippen LogP contribution in [0.15, 0.2) is 82.0 Å². The number of aromatic nitrogens is 4. The molecule has 12 heteroatoms. The fourth-order valence-corrected chi connectivity index (χ4v) is 21.8. The van der Waals surface area contributed by atoms with Crippen molar-refractivity contribution in [2.75, 3.05) is 0 Å². The van der Waals surface area contributed by atoms with Crippen molar-refractivity contribution in [2.45, 2.75) is 72.6 Å². The van der Waals surface area contributed by atoms with Gasteiger partial charge in [0.05, 0.1) is 17.3 Å². The van der Waals surface area contributed by atoms with E-state index in [4.69, 9.17) is 66.8 Å². The maximum absolute atomic E-state index is 5.97. The molecule has 254 valence electrons. The van der Waals surface area contributed by atoms with E-state index in [1.54, 1.807) is 48.7 Å². The molecule has 0 aliphatic heterocycles. The van der Waals surface area contributed by atoms with Crippen LogP contribution in [0.4, 0.5) is 0 Å². The van der Waals surface area contributed by atoms with Crippen LogP contribution in [-0.2, 0) is 0 Å². The molecule has 6 aromatic rings. The van der Waals surface area contributed by atoms with E-state index in [0.717, 1.165) is 10.9 Å². The molecule has 0 fully saturated rings. The smallest absolute Gasteiger partial charge is 0.224 e. The van der Waals surface area contributed by atoms with Crippen molar-refractivity contribution in [3.8, 4) is 11.5 Å². The third kappa shape index (κ3) is 10.7. The first-order valence-corrected chi connectivity index (χ1v) is 25.6. The number of unbranched alkanes of at least 4 members (excludes halogenated alkanes) is 3. The number of benzene rings is 2. The van der Waals surface area contributed by atoms with E-state index >= 15 is 0 Å². The second-order valence-electron chi connectivity index (χ2n) is 11.5. The molecule has 0 bridgehead atoms. The standard InChI is InChI=1S/C12H6Cl2N2O.C8H3Cl3N2.C4H3O.3C4H9.Sn/c13-7-3-4-9-8(6-7)11(16-12(14)15-9)10-2-1-5-17-10;9-4-1-2-6-5(3-4)7(10)13-8(11)12-6;1-2-4-5-3-1;3*1-3-4-2;/h1-6H;1-3H;1-3H;3*1,3-4H2,2H3;. The van der Waals surface area contributed by atoms with Gasteiger partial charge in [-0.1, -0.05) is 34.8 Å². The second-order valence-corrected chi connectivity index (χ2v) is 26.4. The normalized spacial score (nSPS) is 11.2. The molecule has 0 saturated carbocycles. The third-order valence-corrected chi connectivity index (χ3v) is 24.2. The van der Waals surface area contributed by atoms with E-state index in [-0.39, 0.29) is 10.6 Å². The van der Waals surface area contributed by atoms with Crippen LogP contribution in [0.3, 0.4) is 0 Å². The van der Waals surface area contributed by atoms with Crippen LogP contribution in [0.25, 0.3) is 33.3 Å². The van der Waals surface area contributed by atoms with Crippen LogP contribution in [0, 0.1) is 0 Å². The summed E-state index contributed by atoms with van der Waals surface area (Å²) >= 11 is 26.9. The molecule has 6 nitrogen and oxygen atoms in total. The van der Waals surface area contributed by atoms with Gasteiger partial charge in [-0.3, -0.25) is 0 Å². The Morgan fingerprint density at radius 2 is 1.10 bits per heavy atom. The molecule has 0 N–H and O–H groups in total. The summed E-state index contributed by atoms with van der Waals surface area (Å²) in [7, 11) is 0. The van der Waals surface area contributed by atoms with Gasteiger partial charge >= 0.3 is 118 Å². The minimum absolute atomic E-state index is 0.139. The molecular weight excluding hydrogens is 816 g/mol. The zero-order valence-electron chi connectivity index (χ0n) is 27.3. The Kier molecular flexibility index (Phi) is 15.6. The predicted molar refractivity (Wildman–Crippen MR) is 205 cm³/mol. The molecule has 2 aromatic carbocycles. The summed E-state index contributed by atoms with van der Waals surface area (Å²) < 4.78 is 17.2. The molecule has 6 rings (SSSR count). The molecule has 0 aliphatic carbocycles. The van der Waals surface area contributed by atoms with Crippen molar-refractivity contribution in [2.24, 2.45) is 0 Å². The van der Waals surface area contributed by atoms with Gasteiger partial charge in [-0.25, -0.2) is 19.9 Å². The molecule has 48 heavy (non-hydrogen) atoms. The Hall–Kier alpha value is -2.07. The first kappa shape index (κ1) is 38.7. The number of rotatable bonds is 11. The summed E-state index contributed by atoms with van der Waals surface area (Å²) in [5, 5.41) is 3.38. The van der Waals surface area contributed by atoms with Gasteiger partial charge < -0.3 is 4.42 Å². The Morgan fingerprint density at radius 3 is 1.62 bits per heavy atom. The molecule has 4 aromatic heterocycles. The number of furan rings is 2. The quantitative estimate of drug-likeness (QED) is 0.0734. The summed E-state index contributed by atoms with van der Waals surface area (Å²) in [6.45, 7) is 6.95. The molecule has 0 unspecified atom stereocenters. The number of hydrogen-bond acceptors (Lipinski definition) is 6. The average Bonchev–Trinajstić information content (AvgIpc) is 3.82. The largest absolute Gasteiger partial charge is 0.463 e. The van der Waals surface area contributed by atoms with E-state index in [2.05, 4.69) is 52.8 Å². The van der Waals surface area contributed by atoms with Gasteiger partial charge in [0.15, 0.2) is 5.76 Å². The van der Waals surface area contributed by atoms with Crippen LogP contribution in [0.1, 0.15) is 59.3 Å². The van der Waals surface area contributed by atoms with Gasteiger partial charge in [0.1, 0.15) is 10.8 Å². The van der Waals surface area contributed by atoms with Crippen LogP contribution in [0.2, 0.25) is 39.1 Å². The molecule has 0 aliphatic rings. The Balaban J connectivity index is 0.000000165. The zero-order chi connectivity index (χ0) is 34.5. The van der Waals surface area contributed by atoms with Crippen molar-refractivity contribution in [3.05, 3.63) is 99.0 Å². The average molecular weight is 856 g/mol. The molecular formula is C36H39Cl5N4O2Sn. The summed E-state index contributed by atoms with van der Waals surface area (Å²) in [5.41, 5.74) is 2.07.